The molecule has 0 aromatic rings. The average Bonchev–Trinajstić information content (AvgIpc) is 2.28. The van der Waals surface area contributed by atoms with Crippen molar-refractivity contribution in [2.45, 2.75) is 50.3 Å². The molecule has 4 rings (SSSR count). The Morgan fingerprint density at radius 1 is 0.933 bits per heavy atom. The SMILES string of the molecule is F[B-](F)(F)C12CC(C3CCCC3)(C1)C2.[K+]. The van der Waals surface area contributed by atoms with Crippen LogP contribution in [0.15, 0.2) is 0 Å². The van der Waals surface area contributed by atoms with Gasteiger partial charge in [-0.05, 0) is 24.2 Å². The van der Waals surface area contributed by atoms with Crippen molar-refractivity contribution in [3.05, 3.63) is 0 Å². The van der Waals surface area contributed by atoms with E-state index in [1.54, 1.807) is 0 Å². The topological polar surface area (TPSA) is 0 Å². The van der Waals surface area contributed by atoms with Gasteiger partial charge < -0.3 is 12.9 Å². The maximum atomic E-state index is 12.6. The summed E-state index contributed by atoms with van der Waals surface area (Å²) in [7, 11) is 0. The molecule has 0 aliphatic heterocycles. The smallest absolute Gasteiger partial charge is 0.449 e. The van der Waals surface area contributed by atoms with E-state index in [-0.39, 0.29) is 56.8 Å². The van der Waals surface area contributed by atoms with Gasteiger partial charge in [0.1, 0.15) is 0 Å². The van der Waals surface area contributed by atoms with Crippen LogP contribution in [0.1, 0.15) is 44.9 Å². The van der Waals surface area contributed by atoms with Crippen LogP contribution in [0, 0.1) is 11.3 Å². The van der Waals surface area contributed by atoms with E-state index in [2.05, 4.69) is 0 Å². The van der Waals surface area contributed by atoms with Gasteiger partial charge in [-0.2, -0.15) is 0 Å². The second kappa shape index (κ2) is 3.74. The molecular weight excluding hydrogens is 227 g/mol. The van der Waals surface area contributed by atoms with Crippen molar-refractivity contribution >= 4 is 6.98 Å². The molecule has 0 amide bonds. The van der Waals surface area contributed by atoms with Gasteiger partial charge in [-0.25, -0.2) is 0 Å². The first-order valence-electron chi connectivity index (χ1n) is 5.67. The van der Waals surface area contributed by atoms with E-state index in [0.29, 0.717) is 25.2 Å². The molecule has 0 spiro atoms. The van der Waals surface area contributed by atoms with Gasteiger partial charge in [0.15, 0.2) is 0 Å². The van der Waals surface area contributed by atoms with E-state index in [0.717, 1.165) is 0 Å². The first-order valence-corrected chi connectivity index (χ1v) is 5.67. The standard InChI is InChI=1S/C10H15BF3.K/c12-11(13,14)10-5-9(6-10,7-10)8-3-1-2-4-8;/h8H,1-7H2;/q-1;+1. The molecular formula is C10H15BF3K. The number of hydrogen-bond donors (Lipinski definition) is 0. The second-order valence-corrected chi connectivity index (χ2v) is 5.81. The maximum Gasteiger partial charge on any atom is 1.00 e. The maximum absolute atomic E-state index is 12.6. The minimum atomic E-state index is -4.56. The van der Waals surface area contributed by atoms with E-state index >= 15 is 0 Å². The monoisotopic (exact) mass is 242 g/mol. The minimum Gasteiger partial charge on any atom is -0.449 e. The summed E-state index contributed by atoms with van der Waals surface area (Å²) in [5, 5.41) is -1.16. The van der Waals surface area contributed by atoms with Crippen LogP contribution in [0.5, 0.6) is 0 Å². The zero-order chi connectivity index (χ0) is 10.0. The van der Waals surface area contributed by atoms with E-state index in [1.165, 1.54) is 25.7 Å². The van der Waals surface area contributed by atoms with Crippen molar-refractivity contribution in [2.75, 3.05) is 0 Å². The van der Waals surface area contributed by atoms with Gasteiger partial charge in [-0.1, -0.05) is 37.4 Å². The van der Waals surface area contributed by atoms with Crippen LogP contribution in [0.4, 0.5) is 12.9 Å². The first-order chi connectivity index (χ1) is 6.48. The van der Waals surface area contributed by atoms with E-state index in [4.69, 9.17) is 0 Å². The summed E-state index contributed by atoms with van der Waals surface area (Å²) in [5.41, 5.74) is 0.160. The van der Waals surface area contributed by atoms with Crippen LogP contribution in [0.2, 0.25) is 5.31 Å². The van der Waals surface area contributed by atoms with Gasteiger partial charge >= 0.3 is 58.4 Å². The van der Waals surface area contributed by atoms with E-state index in [9.17, 15) is 12.9 Å². The van der Waals surface area contributed by atoms with Gasteiger partial charge in [-0.15, -0.1) is 0 Å². The molecule has 4 saturated carbocycles. The Morgan fingerprint density at radius 2 is 1.40 bits per heavy atom. The Bertz CT molecular complexity index is 251. The molecule has 15 heavy (non-hydrogen) atoms. The van der Waals surface area contributed by atoms with Gasteiger partial charge in [0, 0.05) is 0 Å². The fraction of sp³-hybridized carbons (Fsp3) is 1.00. The van der Waals surface area contributed by atoms with Crippen LogP contribution < -0.4 is 51.4 Å². The summed E-state index contributed by atoms with van der Waals surface area (Å²) < 4.78 is 37.9. The Morgan fingerprint density at radius 3 is 1.80 bits per heavy atom. The van der Waals surface area contributed by atoms with Crippen LogP contribution >= 0.6 is 0 Å². The molecule has 0 nitrogen and oxygen atoms in total. The molecule has 0 aromatic carbocycles. The molecule has 0 aromatic heterocycles. The van der Waals surface area contributed by atoms with Gasteiger partial charge in [0.25, 0.3) is 0 Å². The van der Waals surface area contributed by atoms with Crippen molar-refractivity contribution in [2.24, 2.45) is 11.3 Å². The molecule has 0 unspecified atom stereocenters. The summed E-state index contributed by atoms with van der Waals surface area (Å²) in [6.07, 6.45) is 6.32. The van der Waals surface area contributed by atoms with Crippen molar-refractivity contribution < 1.29 is 64.3 Å². The van der Waals surface area contributed by atoms with Crippen molar-refractivity contribution in [3.8, 4) is 0 Å². The molecule has 4 aliphatic carbocycles. The molecule has 0 radical (unpaired) electrons. The van der Waals surface area contributed by atoms with Gasteiger partial charge in [-0.3, -0.25) is 0 Å². The van der Waals surface area contributed by atoms with E-state index < -0.39 is 12.3 Å². The Hall–Kier alpha value is 1.49. The van der Waals surface area contributed by atoms with Crippen molar-refractivity contribution in [1.82, 2.24) is 0 Å². The third-order valence-electron chi connectivity index (χ3n) is 5.03. The summed E-state index contributed by atoms with van der Waals surface area (Å²) in [6.45, 7) is -4.56. The molecule has 4 fully saturated rings. The second-order valence-electron chi connectivity index (χ2n) is 5.81. The predicted molar refractivity (Wildman–Crippen MR) is 50.0 cm³/mol. The van der Waals surface area contributed by atoms with Crippen LogP contribution in [-0.4, -0.2) is 6.98 Å². The van der Waals surface area contributed by atoms with Crippen LogP contribution in [0.25, 0.3) is 0 Å². The third kappa shape index (κ3) is 1.64. The Balaban J connectivity index is 0.000000853. The number of halogens is 3. The third-order valence-corrected chi connectivity index (χ3v) is 5.03. The van der Waals surface area contributed by atoms with Crippen LogP contribution in [0.3, 0.4) is 0 Å². The van der Waals surface area contributed by atoms with Crippen molar-refractivity contribution in [1.29, 1.82) is 0 Å². The van der Waals surface area contributed by atoms with Gasteiger partial charge in [0.05, 0.1) is 0 Å². The fourth-order valence-corrected chi connectivity index (χ4v) is 4.27. The summed E-state index contributed by atoms with van der Waals surface area (Å²) in [4.78, 5) is 0. The molecule has 0 N–H and O–H groups in total. The molecule has 4 aliphatic rings. The molecule has 0 saturated heterocycles. The Labute approximate surface area is 131 Å². The summed E-state index contributed by atoms with van der Waals surface area (Å²) in [6, 6.07) is 0. The Kier molecular flexibility index (Phi) is 3.23. The zero-order valence-corrected chi connectivity index (χ0v) is 12.4. The molecule has 0 heterocycles. The van der Waals surface area contributed by atoms with E-state index in [1.807, 2.05) is 0 Å². The first kappa shape index (κ1) is 12.9. The van der Waals surface area contributed by atoms with Gasteiger partial charge in [0.2, 0.25) is 0 Å². The zero-order valence-electron chi connectivity index (χ0n) is 9.24. The van der Waals surface area contributed by atoms with Crippen LogP contribution in [-0.2, 0) is 0 Å². The molecule has 2 bridgehead atoms. The fourth-order valence-electron chi connectivity index (χ4n) is 4.27. The summed E-state index contributed by atoms with van der Waals surface area (Å²) >= 11 is 0. The largest absolute Gasteiger partial charge is 1.00 e. The number of rotatable bonds is 2. The number of hydrogen-bond acceptors (Lipinski definition) is 0. The molecule has 80 valence electrons. The summed E-state index contributed by atoms with van der Waals surface area (Å²) in [5.74, 6) is 0.641. The predicted octanol–water partition coefficient (Wildman–Crippen LogP) is 0.952. The molecule has 5 heteroatoms. The average molecular weight is 242 g/mol. The van der Waals surface area contributed by atoms with Crippen molar-refractivity contribution in [3.63, 3.8) is 0 Å². The quantitative estimate of drug-likeness (QED) is 0.632. The molecule has 0 atom stereocenters. The normalized spacial score (nSPS) is 44.2. The minimum absolute atomic E-state index is 0.